The number of hydrogen-bond acceptors (Lipinski definition) is 4. The number of thiazole rings is 1. The second-order valence-electron chi connectivity index (χ2n) is 5.27. The fourth-order valence-corrected chi connectivity index (χ4v) is 2.97. The third-order valence-electron chi connectivity index (χ3n) is 3.44. The van der Waals surface area contributed by atoms with Crippen molar-refractivity contribution in [3.63, 3.8) is 0 Å². The number of nitrogens with one attached hydrogen (secondary N) is 1. The SMILES string of the molecule is CCNC(=NCCc1ncc(C)s1)N(C)CC(=O)N(CC)CC.I. The minimum absolute atomic E-state index is 0. The molecule has 0 saturated heterocycles. The summed E-state index contributed by atoms with van der Waals surface area (Å²) in [5.41, 5.74) is 0. The van der Waals surface area contributed by atoms with Crippen molar-refractivity contribution < 1.29 is 4.79 Å². The van der Waals surface area contributed by atoms with Gasteiger partial charge in [0.05, 0.1) is 11.6 Å². The lowest BCUT2D eigenvalue weighted by Gasteiger charge is -2.25. The molecule has 1 aromatic heterocycles. The zero-order valence-corrected chi connectivity index (χ0v) is 18.5. The van der Waals surface area contributed by atoms with E-state index in [2.05, 4.69) is 22.2 Å². The van der Waals surface area contributed by atoms with Gasteiger partial charge in [-0.15, -0.1) is 35.3 Å². The number of guanidine groups is 1. The zero-order valence-electron chi connectivity index (χ0n) is 15.3. The van der Waals surface area contributed by atoms with Crippen LogP contribution in [0.4, 0.5) is 0 Å². The number of carbonyl (C=O) groups excluding carboxylic acids is 1. The standard InChI is InChI=1S/C16H29N5OS.HI/c1-6-17-16(18-10-9-14-19-11-13(4)23-14)20(5)12-15(22)21(7-2)8-3;/h11H,6-10,12H2,1-5H3,(H,17,18);1H. The maximum absolute atomic E-state index is 12.2. The van der Waals surface area contributed by atoms with E-state index in [1.54, 1.807) is 11.3 Å². The van der Waals surface area contributed by atoms with Crippen LogP contribution in [0.5, 0.6) is 0 Å². The van der Waals surface area contributed by atoms with Crippen LogP contribution >= 0.6 is 35.3 Å². The van der Waals surface area contributed by atoms with Crippen molar-refractivity contribution in [3.8, 4) is 0 Å². The molecular weight excluding hydrogens is 437 g/mol. The van der Waals surface area contributed by atoms with Crippen LogP contribution in [0.3, 0.4) is 0 Å². The largest absolute Gasteiger partial charge is 0.357 e. The van der Waals surface area contributed by atoms with Crippen LogP contribution in [0.25, 0.3) is 0 Å². The average Bonchev–Trinajstić information content (AvgIpc) is 2.93. The van der Waals surface area contributed by atoms with Gasteiger partial charge in [0.25, 0.3) is 0 Å². The first-order chi connectivity index (χ1) is 11.0. The molecule has 0 aliphatic rings. The molecule has 0 saturated carbocycles. The number of nitrogens with zero attached hydrogens (tertiary/aromatic N) is 4. The summed E-state index contributed by atoms with van der Waals surface area (Å²) in [6.45, 7) is 11.3. The highest BCUT2D eigenvalue weighted by Crippen LogP contribution is 2.11. The molecule has 1 N–H and O–H groups in total. The summed E-state index contributed by atoms with van der Waals surface area (Å²) in [4.78, 5) is 26.1. The van der Waals surface area contributed by atoms with Gasteiger partial charge >= 0.3 is 0 Å². The van der Waals surface area contributed by atoms with Gasteiger partial charge in [-0.2, -0.15) is 0 Å². The summed E-state index contributed by atoms with van der Waals surface area (Å²) in [7, 11) is 1.90. The smallest absolute Gasteiger partial charge is 0.242 e. The predicted molar refractivity (Wildman–Crippen MR) is 113 cm³/mol. The molecule has 8 heteroatoms. The fraction of sp³-hybridized carbons (Fsp3) is 0.688. The normalized spacial score (nSPS) is 11.0. The van der Waals surface area contributed by atoms with Crippen LogP contribution in [0.1, 0.15) is 30.7 Å². The summed E-state index contributed by atoms with van der Waals surface area (Å²) in [5, 5.41) is 4.34. The molecular formula is C16H30IN5OS. The molecule has 0 atom stereocenters. The number of carbonyl (C=O) groups is 1. The molecule has 138 valence electrons. The van der Waals surface area contributed by atoms with Crippen LogP contribution < -0.4 is 5.32 Å². The third-order valence-corrected chi connectivity index (χ3v) is 4.41. The number of likely N-dealkylation sites (N-methyl/N-ethyl adjacent to an activating group) is 2. The molecule has 24 heavy (non-hydrogen) atoms. The van der Waals surface area contributed by atoms with Crippen molar-refractivity contribution in [2.45, 2.75) is 34.1 Å². The number of halogens is 1. The minimum atomic E-state index is 0. The van der Waals surface area contributed by atoms with E-state index in [1.165, 1.54) is 4.88 Å². The molecule has 0 aromatic carbocycles. The monoisotopic (exact) mass is 467 g/mol. The van der Waals surface area contributed by atoms with Crippen molar-refractivity contribution >= 4 is 47.2 Å². The summed E-state index contributed by atoms with van der Waals surface area (Å²) in [6.07, 6.45) is 2.72. The highest BCUT2D eigenvalue weighted by atomic mass is 127. The number of aromatic nitrogens is 1. The van der Waals surface area contributed by atoms with E-state index in [-0.39, 0.29) is 29.9 Å². The van der Waals surface area contributed by atoms with E-state index in [9.17, 15) is 4.79 Å². The first-order valence-electron chi connectivity index (χ1n) is 8.20. The Balaban J connectivity index is 0.00000529. The van der Waals surface area contributed by atoms with E-state index in [4.69, 9.17) is 0 Å². The van der Waals surface area contributed by atoms with Crippen molar-refractivity contribution in [1.82, 2.24) is 20.1 Å². The lowest BCUT2D eigenvalue weighted by atomic mass is 10.4. The first-order valence-corrected chi connectivity index (χ1v) is 9.01. The average molecular weight is 467 g/mol. The Morgan fingerprint density at radius 2 is 2.00 bits per heavy atom. The Hall–Kier alpha value is -0.900. The molecule has 1 aromatic rings. The molecule has 0 fully saturated rings. The van der Waals surface area contributed by atoms with Gasteiger partial charge in [0.1, 0.15) is 0 Å². The van der Waals surface area contributed by atoms with E-state index in [0.29, 0.717) is 13.1 Å². The Bertz CT molecular complexity index is 516. The van der Waals surface area contributed by atoms with Crippen LogP contribution in [0, 0.1) is 6.92 Å². The molecule has 0 aliphatic carbocycles. The van der Waals surface area contributed by atoms with Gasteiger partial charge in [0, 0.05) is 50.7 Å². The van der Waals surface area contributed by atoms with Gasteiger partial charge in [0.2, 0.25) is 5.91 Å². The lowest BCUT2D eigenvalue weighted by molar-refractivity contribution is -0.131. The highest BCUT2D eigenvalue weighted by Gasteiger charge is 2.14. The van der Waals surface area contributed by atoms with Gasteiger partial charge in [-0.25, -0.2) is 4.98 Å². The fourth-order valence-electron chi connectivity index (χ4n) is 2.20. The van der Waals surface area contributed by atoms with Gasteiger partial charge in [-0.05, 0) is 27.7 Å². The van der Waals surface area contributed by atoms with E-state index < -0.39 is 0 Å². The highest BCUT2D eigenvalue weighted by molar-refractivity contribution is 14.0. The quantitative estimate of drug-likeness (QED) is 0.363. The molecule has 0 radical (unpaired) electrons. The maximum Gasteiger partial charge on any atom is 0.242 e. The molecule has 0 aliphatic heterocycles. The van der Waals surface area contributed by atoms with Crippen molar-refractivity contribution in [3.05, 3.63) is 16.1 Å². The minimum Gasteiger partial charge on any atom is -0.357 e. The third kappa shape index (κ3) is 7.78. The Morgan fingerprint density at radius 3 is 2.50 bits per heavy atom. The second-order valence-corrected chi connectivity index (χ2v) is 6.59. The molecule has 1 amide bonds. The summed E-state index contributed by atoms with van der Waals surface area (Å²) >= 11 is 1.71. The van der Waals surface area contributed by atoms with E-state index in [1.807, 2.05) is 43.8 Å². The van der Waals surface area contributed by atoms with Gasteiger partial charge < -0.3 is 15.1 Å². The molecule has 1 rings (SSSR count). The molecule has 0 unspecified atom stereocenters. The summed E-state index contributed by atoms with van der Waals surface area (Å²) in [5.74, 6) is 0.889. The second kappa shape index (κ2) is 12.5. The van der Waals surface area contributed by atoms with Crippen LogP contribution in [0.15, 0.2) is 11.2 Å². The zero-order chi connectivity index (χ0) is 17.2. The van der Waals surface area contributed by atoms with Crippen molar-refractivity contribution in [2.24, 2.45) is 4.99 Å². The number of aryl methyl sites for hydroxylation is 1. The van der Waals surface area contributed by atoms with Crippen LogP contribution in [-0.2, 0) is 11.2 Å². The number of rotatable bonds is 8. The lowest BCUT2D eigenvalue weighted by Crippen LogP contribution is -2.45. The van der Waals surface area contributed by atoms with E-state index in [0.717, 1.165) is 37.0 Å². The van der Waals surface area contributed by atoms with Crippen molar-refractivity contribution in [1.29, 1.82) is 0 Å². The maximum atomic E-state index is 12.2. The van der Waals surface area contributed by atoms with Crippen LogP contribution in [0.2, 0.25) is 0 Å². The number of amides is 1. The summed E-state index contributed by atoms with van der Waals surface area (Å²) < 4.78 is 0. The Kier molecular flexibility index (Phi) is 12.0. The Morgan fingerprint density at radius 1 is 1.33 bits per heavy atom. The van der Waals surface area contributed by atoms with Gasteiger partial charge in [-0.1, -0.05) is 0 Å². The van der Waals surface area contributed by atoms with Crippen molar-refractivity contribution in [2.75, 3.05) is 39.8 Å². The first kappa shape index (κ1) is 23.1. The number of aliphatic imine (C=N–C) groups is 1. The predicted octanol–water partition coefficient (Wildman–Crippen LogP) is 2.38. The summed E-state index contributed by atoms with van der Waals surface area (Å²) in [6, 6.07) is 0. The van der Waals surface area contributed by atoms with Gasteiger partial charge in [-0.3, -0.25) is 9.79 Å². The number of hydrogen-bond donors (Lipinski definition) is 1. The molecule has 6 nitrogen and oxygen atoms in total. The van der Waals surface area contributed by atoms with Gasteiger partial charge in [0.15, 0.2) is 5.96 Å². The topological polar surface area (TPSA) is 60.8 Å². The molecule has 0 spiro atoms. The van der Waals surface area contributed by atoms with E-state index >= 15 is 0 Å². The molecule has 0 bridgehead atoms. The molecule has 1 heterocycles. The van der Waals surface area contributed by atoms with Crippen LogP contribution in [-0.4, -0.2) is 66.4 Å². The Labute approximate surface area is 166 Å².